The van der Waals surface area contributed by atoms with Crippen molar-refractivity contribution >= 4 is 16.7 Å². The van der Waals surface area contributed by atoms with Crippen LogP contribution in [-0.4, -0.2) is 52.7 Å². The molecule has 0 heterocycles. The molecule has 0 radical (unpaired) electrons. The number of esters is 1. The lowest BCUT2D eigenvalue weighted by atomic mass is 9.90. The summed E-state index contributed by atoms with van der Waals surface area (Å²) in [6, 6.07) is 8.17. The van der Waals surface area contributed by atoms with E-state index in [2.05, 4.69) is 30.9 Å². The first-order valence-electron chi connectivity index (χ1n) is 10.5. The standard InChI is InChI=1S/C25H30O6/c1-18(2)25(26)31-17-15-29-13-12-28-14-16-30-24-21-10-6-4-8-19(21)23(27-3)20-9-5-7-11-22(20)24/h4-8,10H,1,9,11-17H2,2-3H3. The van der Waals surface area contributed by atoms with Crippen molar-refractivity contribution in [3.8, 4) is 11.5 Å². The molecule has 0 saturated heterocycles. The third-order valence-corrected chi connectivity index (χ3v) is 5.00. The number of ether oxygens (including phenoxy) is 5. The summed E-state index contributed by atoms with van der Waals surface area (Å²) in [5, 5.41) is 2.12. The molecule has 0 atom stereocenters. The molecule has 1 aliphatic rings. The van der Waals surface area contributed by atoms with E-state index in [1.807, 2.05) is 12.1 Å². The van der Waals surface area contributed by atoms with E-state index in [0.29, 0.717) is 38.6 Å². The van der Waals surface area contributed by atoms with Crippen molar-refractivity contribution in [2.75, 3.05) is 46.8 Å². The second-order valence-corrected chi connectivity index (χ2v) is 7.23. The lowest BCUT2D eigenvalue weighted by Gasteiger charge is -2.22. The summed E-state index contributed by atoms with van der Waals surface area (Å²) in [6.45, 7) is 7.45. The molecule has 0 fully saturated rings. The monoisotopic (exact) mass is 426 g/mol. The summed E-state index contributed by atoms with van der Waals surface area (Å²) >= 11 is 0. The molecule has 31 heavy (non-hydrogen) atoms. The van der Waals surface area contributed by atoms with Crippen LogP contribution in [0.1, 0.15) is 18.1 Å². The first-order chi connectivity index (χ1) is 15.1. The van der Waals surface area contributed by atoms with Crippen molar-refractivity contribution in [3.63, 3.8) is 0 Å². The molecule has 6 nitrogen and oxygen atoms in total. The molecule has 0 saturated carbocycles. The number of carbonyl (C=O) groups excluding carboxylic acids is 1. The van der Waals surface area contributed by atoms with Gasteiger partial charge in [0, 0.05) is 27.5 Å². The maximum Gasteiger partial charge on any atom is 0.333 e. The summed E-state index contributed by atoms with van der Waals surface area (Å²) in [4.78, 5) is 11.2. The van der Waals surface area contributed by atoms with E-state index in [9.17, 15) is 4.79 Å². The minimum atomic E-state index is -0.402. The summed E-state index contributed by atoms with van der Waals surface area (Å²) in [7, 11) is 1.72. The molecule has 0 N–H and O–H groups in total. The van der Waals surface area contributed by atoms with Gasteiger partial charge in [-0.25, -0.2) is 4.79 Å². The normalized spacial score (nSPS) is 12.5. The zero-order valence-corrected chi connectivity index (χ0v) is 18.3. The molecule has 0 bridgehead atoms. The molecule has 0 aromatic heterocycles. The van der Waals surface area contributed by atoms with E-state index in [1.165, 1.54) is 11.1 Å². The Hall–Kier alpha value is -2.83. The lowest BCUT2D eigenvalue weighted by molar-refractivity contribution is -0.140. The van der Waals surface area contributed by atoms with Crippen LogP contribution >= 0.6 is 0 Å². The smallest absolute Gasteiger partial charge is 0.333 e. The summed E-state index contributed by atoms with van der Waals surface area (Å²) in [6.07, 6.45) is 6.02. The van der Waals surface area contributed by atoms with Gasteiger partial charge in [-0.2, -0.15) is 0 Å². The van der Waals surface area contributed by atoms with Gasteiger partial charge in [0.25, 0.3) is 0 Å². The fourth-order valence-corrected chi connectivity index (χ4v) is 3.55. The molecule has 6 heteroatoms. The zero-order chi connectivity index (χ0) is 22.1. The summed E-state index contributed by atoms with van der Waals surface area (Å²) < 4.78 is 27.9. The first kappa shape index (κ1) is 22.8. The average molecular weight is 427 g/mol. The lowest BCUT2D eigenvalue weighted by Crippen LogP contribution is -2.15. The Balaban J connectivity index is 1.47. The van der Waals surface area contributed by atoms with Crippen molar-refractivity contribution in [2.24, 2.45) is 0 Å². The molecule has 0 spiro atoms. The molecular weight excluding hydrogens is 396 g/mol. The van der Waals surface area contributed by atoms with Crippen LogP contribution in [0.5, 0.6) is 11.5 Å². The maximum atomic E-state index is 11.2. The molecule has 0 amide bonds. The Labute approximate surface area is 183 Å². The quantitative estimate of drug-likeness (QED) is 0.221. The van der Waals surface area contributed by atoms with Gasteiger partial charge in [-0.3, -0.25) is 0 Å². The maximum absolute atomic E-state index is 11.2. The summed E-state index contributed by atoms with van der Waals surface area (Å²) in [5.41, 5.74) is 2.76. The Morgan fingerprint density at radius 2 is 1.42 bits per heavy atom. The number of carbonyl (C=O) groups is 1. The number of allylic oxidation sites excluding steroid dienone is 2. The van der Waals surface area contributed by atoms with Crippen LogP contribution in [0, 0.1) is 0 Å². The minimum Gasteiger partial charge on any atom is -0.496 e. The van der Waals surface area contributed by atoms with Crippen LogP contribution in [-0.2, 0) is 31.8 Å². The Kier molecular flexibility index (Phi) is 8.50. The number of hydrogen-bond acceptors (Lipinski definition) is 6. The van der Waals surface area contributed by atoms with E-state index < -0.39 is 5.97 Å². The number of rotatable bonds is 12. The van der Waals surface area contributed by atoms with Gasteiger partial charge in [0.1, 0.15) is 24.7 Å². The van der Waals surface area contributed by atoms with Crippen molar-refractivity contribution in [2.45, 2.75) is 19.8 Å². The van der Waals surface area contributed by atoms with Gasteiger partial charge in [0.05, 0.1) is 33.5 Å². The molecule has 166 valence electrons. The van der Waals surface area contributed by atoms with Crippen LogP contribution in [0.3, 0.4) is 0 Å². The Morgan fingerprint density at radius 1 is 0.871 bits per heavy atom. The fourth-order valence-electron chi connectivity index (χ4n) is 3.55. The van der Waals surface area contributed by atoms with E-state index in [-0.39, 0.29) is 6.61 Å². The van der Waals surface area contributed by atoms with Gasteiger partial charge < -0.3 is 23.7 Å². The largest absolute Gasteiger partial charge is 0.496 e. The fraction of sp³-hybridized carbons (Fsp3) is 0.400. The van der Waals surface area contributed by atoms with E-state index in [4.69, 9.17) is 23.7 Å². The van der Waals surface area contributed by atoms with E-state index in [0.717, 1.165) is 35.1 Å². The third-order valence-electron chi connectivity index (χ3n) is 5.00. The van der Waals surface area contributed by atoms with Gasteiger partial charge in [0.15, 0.2) is 0 Å². The third kappa shape index (κ3) is 5.87. The number of benzene rings is 2. The highest BCUT2D eigenvalue weighted by Crippen LogP contribution is 2.42. The number of fused-ring (bicyclic) bond motifs is 2. The van der Waals surface area contributed by atoms with Crippen molar-refractivity contribution in [1.29, 1.82) is 0 Å². The van der Waals surface area contributed by atoms with Gasteiger partial charge in [-0.1, -0.05) is 43.0 Å². The highest BCUT2D eigenvalue weighted by molar-refractivity contribution is 5.96. The number of methoxy groups -OCH3 is 1. The highest BCUT2D eigenvalue weighted by Gasteiger charge is 2.21. The van der Waals surface area contributed by atoms with Gasteiger partial charge >= 0.3 is 5.97 Å². The molecular formula is C25H30O6. The second-order valence-electron chi connectivity index (χ2n) is 7.23. The van der Waals surface area contributed by atoms with Crippen molar-refractivity contribution in [1.82, 2.24) is 0 Å². The van der Waals surface area contributed by atoms with Crippen LogP contribution in [0.2, 0.25) is 0 Å². The van der Waals surface area contributed by atoms with Gasteiger partial charge in [-0.15, -0.1) is 0 Å². The molecule has 2 aromatic rings. The van der Waals surface area contributed by atoms with Crippen LogP contribution in [0.15, 0.2) is 48.6 Å². The molecule has 2 aromatic carbocycles. The van der Waals surface area contributed by atoms with Gasteiger partial charge in [-0.05, 0) is 19.8 Å². The van der Waals surface area contributed by atoms with Crippen LogP contribution in [0.4, 0.5) is 0 Å². The van der Waals surface area contributed by atoms with E-state index >= 15 is 0 Å². The SMILES string of the molecule is C=C(C)C(=O)OCCOCCOCCOc1c2c(c(OC)c3ccccc13)CC=CC2. The molecule has 1 aliphatic carbocycles. The van der Waals surface area contributed by atoms with E-state index in [1.54, 1.807) is 14.0 Å². The molecule has 3 rings (SSSR count). The summed E-state index contributed by atoms with van der Waals surface area (Å²) in [5.74, 6) is 1.44. The Bertz CT molecular complexity index is 947. The second kappa shape index (κ2) is 11.5. The minimum absolute atomic E-state index is 0.207. The Morgan fingerprint density at radius 3 is 2.03 bits per heavy atom. The zero-order valence-electron chi connectivity index (χ0n) is 18.3. The van der Waals surface area contributed by atoms with Gasteiger partial charge in [0.2, 0.25) is 0 Å². The van der Waals surface area contributed by atoms with Crippen molar-refractivity contribution in [3.05, 3.63) is 59.7 Å². The highest BCUT2D eigenvalue weighted by atomic mass is 16.6. The average Bonchev–Trinajstić information content (AvgIpc) is 2.79. The molecule has 0 unspecified atom stereocenters. The first-order valence-corrected chi connectivity index (χ1v) is 10.5. The predicted octanol–water partition coefficient (Wildman–Crippen LogP) is 4.03. The topological polar surface area (TPSA) is 63.2 Å². The van der Waals surface area contributed by atoms with Crippen LogP contribution in [0.25, 0.3) is 10.8 Å². The van der Waals surface area contributed by atoms with Crippen molar-refractivity contribution < 1.29 is 28.5 Å². The molecule has 0 aliphatic heterocycles. The van der Waals surface area contributed by atoms with Crippen LogP contribution < -0.4 is 9.47 Å². The predicted molar refractivity (Wildman–Crippen MR) is 120 cm³/mol. The number of hydrogen-bond donors (Lipinski definition) is 0.